The number of aromatic nitrogens is 1. The predicted octanol–water partition coefficient (Wildman–Crippen LogP) is 2.29. The van der Waals surface area contributed by atoms with Crippen LogP contribution in [0.2, 0.25) is 0 Å². The fourth-order valence-corrected chi connectivity index (χ4v) is 1.49. The van der Waals surface area contributed by atoms with Crippen molar-refractivity contribution in [3.63, 3.8) is 0 Å². The summed E-state index contributed by atoms with van der Waals surface area (Å²) < 4.78 is 0. The predicted molar refractivity (Wildman–Crippen MR) is 70.2 cm³/mol. The summed E-state index contributed by atoms with van der Waals surface area (Å²) in [6.45, 7) is 5.09. The maximum Gasteiger partial charge on any atom is 0.252 e. The van der Waals surface area contributed by atoms with E-state index in [-0.39, 0.29) is 5.91 Å². The second-order valence-electron chi connectivity index (χ2n) is 4.47. The summed E-state index contributed by atoms with van der Waals surface area (Å²) in [5.74, 6) is 1.40. The summed E-state index contributed by atoms with van der Waals surface area (Å²) in [6, 6.07) is 3.57. The fraction of sp³-hybridized carbons (Fsp3) is 0.538. The number of anilines is 1. The first-order valence-electron chi connectivity index (χ1n) is 6.05. The van der Waals surface area contributed by atoms with Crippen molar-refractivity contribution >= 4 is 11.7 Å². The second kappa shape index (κ2) is 6.89. The van der Waals surface area contributed by atoms with E-state index in [9.17, 15) is 4.79 Å². The van der Waals surface area contributed by atoms with Gasteiger partial charge in [-0.1, -0.05) is 13.8 Å². The van der Waals surface area contributed by atoms with E-state index >= 15 is 0 Å². The molecule has 0 radical (unpaired) electrons. The first kappa shape index (κ1) is 13.5. The molecule has 2 N–H and O–H groups in total. The van der Waals surface area contributed by atoms with Gasteiger partial charge in [0.25, 0.3) is 5.91 Å². The molecule has 0 fully saturated rings. The lowest BCUT2D eigenvalue weighted by Gasteiger charge is -2.07. The number of nitrogens with zero attached hydrogens (tertiary/aromatic N) is 1. The van der Waals surface area contributed by atoms with Crippen LogP contribution in [0.25, 0.3) is 0 Å². The van der Waals surface area contributed by atoms with Crippen molar-refractivity contribution in [2.75, 3.05) is 18.9 Å². The molecule has 0 aliphatic rings. The normalized spacial score (nSPS) is 10.4. The first-order chi connectivity index (χ1) is 8.13. The molecule has 1 rings (SSSR count). The summed E-state index contributed by atoms with van der Waals surface area (Å²) >= 11 is 0. The number of pyridine rings is 1. The zero-order valence-corrected chi connectivity index (χ0v) is 10.8. The van der Waals surface area contributed by atoms with E-state index in [4.69, 9.17) is 0 Å². The SMILES string of the molecule is CNc1ccc(C(=O)NCCCC(C)C)cn1. The van der Waals surface area contributed by atoms with Crippen LogP contribution >= 0.6 is 0 Å². The average Bonchev–Trinajstić information content (AvgIpc) is 2.34. The Balaban J connectivity index is 2.36. The minimum absolute atomic E-state index is 0.0519. The second-order valence-corrected chi connectivity index (χ2v) is 4.47. The van der Waals surface area contributed by atoms with Gasteiger partial charge in [0.05, 0.1) is 5.56 Å². The Morgan fingerprint density at radius 2 is 2.18 bits per heavy atom. The van der Waals surface area contributed by atoms with Crippen molar-refractivity contribution < 1.29 is 4.79 Å². The highest BCUT2D eigenvalue weighted by molar-refractivity contribution is 5.93. The highest BCUT2D eigenvalue weighted by Gasteiger charge is 2.05. The van der Waals surface area contributed by atoms with Crippen LogP contribution in [0.4, 0.5) is 5.82 Å². The molecule has 0 aromatic carbocycles. The van der Waals surface area contributed by atoms with Crippen LogP contribution in [0.15, 0.2) is 18.3 Å². The Bertz CT molecular complexity index is 346. The number of hydrogen-bond donors (Lipinski definition) is 2. The van der Waals surface area contributed by atoms with Crippen molar-refractivity contribution in [1.82, 2.24) is 10.3 Å². The lowest BCUT2D eigenvalue weighted by Crippen LogP contribution is -2.24. The molecular weight excluding hydrogens is 214 g/mol. The number of rotatable bonds is 6. The van der Waals surface area contributed by atoms with E-state index in [1.165, 1.54) is 0 Å². The molecule has 0 aliphatic carbocycles. The molecule has 94 valence electrons. The molecule has 1 aromatic rings. The van der Waals surface area contributed by atoms with E-state index in [2.05, 4.69) is 29.5 Å². The van der Waals surface area contributed by atoms with Gasteiger partial charge >= 0.3 is 0 Å². The minimum Gasteiger partial charge on any atom is -0.373 e. The fourth-order valence-electron chi connectivity index (χ4n) is 1.49. The Kier molecular flexibility index (Phi) is 5.46. The number of carbonyl (C=O) groups is 1. The van der Waals surface area contributed by atoms with Crippen molar-refractivity contribution in [2.24, 2.45) is 5.92 Å². The molecule has 0 atom stereocenters. The van der Waals surface area contributed by atoms with E-state index < -0.39 is 0 Å². The average molecular weight is 235 g/mol. The Morgan fingerprint density at radius 3 is 2.71 bits per heavy atom. The van der Waals surface area contributed by atoms with Crippen LogP contribution in [0.1, 0.15) is 37.0 Å². The van der Waals surface area contributed by atoms with Gasteiger partial charge in [-0.15, -0.1) is 0 Å². The third-order valence-electron chi connectivity index (χ3n) is 2.53. The third kappa shape index (κ3) is 4.85. The molecule has 0 bridgehead atoms. The maximum absolute atomic E-state index is 11.7. The van der Waals surface area contributed by atoms with Crippen LogP contribution in [-0.2, 0) is 0 Å². The molecule has 1 aromatic heterocycles. The molecule has 4 heteroatoms. The summed E-state index contributed by atoms with van der Waals surface area (Å²) in [5.41, 5.74) is 0.605. The topological polar surface area (TPSA) is 54.0 Å². The molecule has 1 heterocycles. The van der Waals surface area contributed by atoms with Gasteiger partial charge < -0.3 is 10.6 Å². The number of carbonyl (C=O) groups excluding carboxylic acids is 1. The molecule has 0 spiro atoms. The molecule has 0 unspecified atom stereocenters. The highest BCUT2D eigenvalue weighted by atomic mass is 16.1. The number of hydrogen-bond acceptors (Lipinski definition) is 3. The van der Waals surface area contributed by atoms with E-state index in [1.807, 2.05) is 0 Å². The van der Waals surface area contributed by atoms with Crippen molar-refractivity contribution in [2.45, 2.75) is 26.7 Å². The van der Waals surface area contributed by atoms with Crippen LogP contribution in [0.5, 0.6) is 0 Å². The van der Waals surface area contributed by atoms with Gasteiger partial charge in [-0.3, -0.25) is 4.79 Å². The molecule has 0 saturated heterocycles. The van der Waals surface area contributed by atoms with Crippen molar-refractivity contribution in [3.05, 3.63) is 23.9 Å². The Morgan fingerprint density at radius 1 is 1.41 bits per heavy atom. The van der Waals surface area contributed by atoms with Crippen LogP contribution < -0.4 is 10.6 Å². The van der Waals surface area contributed by atoms with Crippen molar-refractivity contribution in [1.29, 1.82) is 0 Å². The van der Waals surface area contributed by atoms with E-state index in [0.29, 0.717) is 11.5 Å². The van der Waals surface area contributed by atoms with Gasteiger partial charge in [0, 0.05) is 19.8 Å². The maximum atomic E-state index is 11.7. The lowest BCUT2D eigenvalue weighted by atomic mass is 10.1. The van der Waals surface area contributed by atoms with Gasteiger partial charge in [0.15, 0.2) is 0 Å². The number of amides is 1. The van der Waals surface area contributed by atoms with Crippen LogP contribution in [0, 0.1) is 5.92 Å². The highest BCUT2D eigenvalue weighted by Crippen LogP contribution is 2.05. The molecular formula is C13H21N3O. The molecule has 4 nitrogen and oxygen atoms in total. The summed E-state index contributed by atoms with van der Waals surface area (Å²) in [5, 5.41) is 5.81. The Hall–Kier alpha value is -1.58. The van der Waals surface area contributed by atoms with Gasteiger partial charge in [-0.25, -0.2) is 4.98 Å². The van der Waals surface area contributed by atoms with Gasteiger partial charge in [-0.05, 0) is 30.9 Å². The zero-order valence-electron chi connectivity index (χ0n) is 10.8. The zero-order chi connectivity index (χ0) is 12.7. The lowest BCUT2D eigenvalue weighted by molar-refractivity contribution is 0.0952. The Labute approximate surface area is 103 Å². The van der Waals surface area contributed by atoms with Gasteiger partial charge in [0.1, 0.15) is 5.82 Å². The number of nitrogens with one attached hydrogen (secondary N) is 2. The standard InChI is InChI=1S/C13H21N3O/c1-10(2)5-4-8-15-13(17)11-6-7-12(14-3)16-9-11/h6-7,9-10H,4-5,8H2,1-3H3,(H,14,16)(H,15,17). The molecule has 0 aliphatic heterocycles. The largest absolute Gasteiger partial charge is 0.373 e. The molecule has 17 heavy (non-hydrogen) atoms. The minimum atomic E-state index is -0.0519. The third-order valence-corrected chi connectivity index (χ3v) is 2.53. The monoisotopic (exact) mass is 235 g/mol. The quantitative estimate of drug-likeness (QED) is 0.744. The first-order valence-corrected chi connectivity index (χ1v) is 6.05. The van der Waals surface area contributed by atoms with Crippen molar-refractivity contribution in [3.8, 4) is 0 Å². The van der Waals surface area contributed by atoms with E-state index in [1.54, 1.807) is 25.4 Å². The summed E-state index contributed by atoms with van der Waals surface area (Å²) in [6.07, 6.45) is 3.74. The van der Waals surface area contributed by atoms with Gasteiger partial charge in [-0.2, -0.15) is 0 Å². The summed E-state index contributed by atoms with van der Waals surface area (Å²) in [7, 11) is 1.80. The van der Waals surface area contributed by atoms with Crippen LogP contribution in [-0.4, -0.2) is 24.5 Å². The van der Waals surface area contributed by atoms with Crippen LogP contribution in [0.3, 0.4) is 0 Å². The summed E-state index contributed by atoms with van der Waals surface area (Å²) in [4.78, 5) is 15.8. The molecule has 0 saturated carbocycles. The van der Waals surface area contributed by atoms with E-state index in [0.717, 1.165) is 25.2 Å². The molecule has 1 amide bonds. The van der Waals surface area contributed by atoms with Gasteiger partial charge in [0.2, 0.25) is 0 Å². The smallest absolute Gasteiger partial charge is 0.252 e.